The molecule has 0 aliphatic heterocycles. The van der Waals surface area contributed by atoms with Crippen molar-refractivity contribution in [2.24, 2.45) is 0 Å². The highest BCUT2D eigenvalue weighted by Crippen LogP contribution is 2.30. The average Bonchev–Trinajstić information content (AvgIpc) is 2.37. The lowest BCUT2D eigenvalue weighted by atomic mass is 9.96. The number of benzene rings is 1. The Balaban J connectivity index is 2.19. The lowest BCUT2D eigenvalue weighted by Crippen LogP contribution is -2.39. The zero-order valence-corrected chi connectivity index (χ0v) is 13.7. The standard InChI is InChI=1S/C13H19ClN2O2S2/c1-19-10-5-2-4-9(8-10)16-20(17,18)13-11(14)6-3-7-12(13)15/h3,6-7,9-10,16H,2,4-5,8,15H2,1H3. The van der Waals surface area contributed by atoms with Gasteiger partial charge in [0, 0.05) is 11.3 Å². The van der Waals surface area contributed by atoms with Crippen LogP contribution in [0.4, 0.5) is 5.69 Å². The molecule has 0 spiro atoms. The molecule has 7 heteroatoms. The predicted octanol–water partition coefficient (Wildman–Crippen LogP) is 2.87. The minimum absolute atomic E-state index is 0.00654. The number of sulfonamides is 1. The van der Waals surface area contributed by atoms with E-state index in [2.05, 4.69) is 11.0 Å². The molecule has 3 N–H and O–H groups in total. The number of rotatable bonds is 4. The molecule has 1 aliphatic carbocycles. The lowest BCUT2D eigenvalue weighted by molar-refractivity contribution is 0.421. The third kappa shape index (κ3) is 3.61. The topological polar surface area (TPSA) is 72.2 Å². The van der Waals surface area contributed by atoms with Crippen LogP contribution in [0.2, 0.25) is 5.02 Å². The van der Waals surface area contributed by atoms with Crippen molar-refractivity contribution in [2.75, 3.05) is 12.0 Å². The maximum Gasteiger partial charge on any atom is 0.244 e. The summed E-state index contributed by atoms with van der Waals surface area (Å²) in [7, 11) is -3.67. The fourth-order valence-electron chi connectivity index (χ4n) is 2.55. The van der Waals surface area contributed by atoms with E-state index in [0.717, 1.165) is 25.7 Å². The van der Waals surface area contributed by atoms with Crippen molar-refractivity contribution in [3.63, 3.8) is 0 Å². The summed E-state index contributed by atoms with van der Waals surface area (Å²) >= 11 is 7.78. The van der Waals surface area contributed by atoms with Gasteiger partial charge in [0.05, 0.1) is 10.7 Å². The van der Waals surface area contributed by atoms with E-state index in [1.54, 1.807) is 23.9 Å². The highest BCUT2D eigenvalue weighted by Gasteiger charge is 2.28. The first-order valence-electron chi connectivity index (χ1n) is 6.53. The number of nitrogens with one attached hydrogen (secondary N) is 1. The first-order valence-corrected chi connectivity index (χ1v) is 9.68. The number of anilines is 1. The molecule has 2 unspecified atom stereocenters. The van der Waals surface area contributed by atoms with E-state index in [4.69, 9.17) is 17.3 Å². The number of halogens is 1. The number of nitrogens with two attached hydrogens (primary N) is 1. The first kappa shape index (κ1) is 15.9. The van der Waals surface area contributed by atoms with Crippen molar-refractivity contribution in [1.82, 2.24) is 4.72 Å². The van der Waals surface area contributed by atoms with E-state index in [0.29, 0.717) is 5.25 Å². The van der Waals surface area contributed by atoms with Crippen LogP contribution >= 0.6 is 23.4 Å². The van der Waals surface area contributed by atoms with Gasteiger partial charge in [0.25, 0.3) is 0 Å². The van der Waals surface area contributed by atoms with Gasteiger partial charge in [0.1, 0.15) is 4.90 Å². The molecule has 0 amide bonds. The number of hydrogen-bond acceptors (Lipinski definition) is 4. The summed E-state index contributed by atoms with van der Waals surface area (Å²) in [6.45, 7) is 0. The molecule has 4 nitrogen and oxygen atoms in total. The summed E-state index contributed by atoms with van der Waals surface area (Å²) in [5.74, 6) is 0. The van der Waals surface area contributed by atoms with E-state index >= 15 is 0 Å². The average molecular weight is 335 g/mol. The molecule has 0 heterocycles. The molecule has 20 heavy (non-hydrogen) atoms. The summed E-state index contributed by atoms with van der Waals surface area (Å²) in [5.41, 5.74) is 5.94. The van der Waals surface area contributed by atoms with E-state index in [9.17, 15) is 8.42 Å². The number of thioether (sulfide) groups is 1. The molecule has 0 bridgehead atoms. The monoisotopic (exact) mass is 334 g/mol. The van der Waals surface area contributed by atoms with Gasteiger partial charge in [0.2, 0.25) is 10.0 Å². The quantitative estimate of drug-likeness (QED) is 0.830. The fourth-order valence-corrected chi connectivity index (χ4v) is 5.34. The third-order valence-corrected chi connectivity index (χ3v) is 6.71. The summed E-state index contributed by atoms with van der Waals surface area (Å²) in [4.78, 5) is -0.00654. The Morgan fingerprint density at radius 2 is 2.15 bits per heavy atom. The predicted molar refractivity (Wildman–Crippen MR) is 85.7 cm³/mol. The smallest absolute Gasteiger partial charge is 0.244 e. The van der Waals surface area contributed by atoms with Crippen molar-refractivity contribution in [2.45, 2.75) is 41.9 Å². The SMILES string of the molecule is CSC1CCCC(NS(=O)(=O)c2c(N)cccc2Cl)C1. The van der Waals surface area contributed by atoms with E-state index in [1.165, 1.54) is 6.07 Å². The van der Waals surface area contributed by atoms with Crippen LogP contribution in [0.5, 0.6) is 0 Å². The third-order valence-electron chi connectivity index (χ3n) is 3.55. The first-order chi connectivity index (χ1) is 9.44. The molecule has 1 aromatic carbocycles. The van der Waals surface area contributed by atoms with Crippen molar-refractivity contribution in [1.29, 1.82) is 0 Å². The van der Waals surface area contributed by atoms with Gasteiger partial charge in [-0.05, 0) is 37.7 Å². The van der Waals surface area contributed by atoms with E-state index < -0.39 is 10.0 Å². The lowest BCUT2D eigenvalue weighted by Gasteiger charge is -2.28. The maximum absolute atomic E-state index is 12.5. The van der Waals surface area contributed by atoms with Crippen LogP contribution < -0.4 is 10.5 Å². The molecule has 112 valence electrons. The van der Waals surface area contributed by atoms with Crippen LogP contribution in [-0.4, -0.2) is 26.0 Å². The number of nitrogen functional groups attached to an aromatic ring is 1. The van der Waals surface area contributed by atoms with Gasteiger partial charge in [-0.3, -0.25) is 0 Å². The van der Waals surface area contributed by atoms with Crippen LogP contribution in [0.15, 0.2) is 23.1 Å². The molecule has 0 saturated heterocycles. The molecule has 1 aliphatic rings. The zero-order chi connectivity index (χ0) is 14.8. The van der Waals surface area contributed by atoms with Gasteiger partial charge in [-0.15, -0.1) is 0 Å². The second-order valence-electron chi connectivity index (χ2n) is 5.00. The molecule has 0 aromatic heterocycles. The number of hydrogen-bond donors (Lipinski definition) is 2. The van der Waals surface area contributed by atoms with Crippen LogP contribution in [0.1, 0.15) is 25.7 Å². The normalized spacial score (nSPS) is 23.7. The van der Waals surface area contributed by atoms with Gasteiger partial charge in [-0.1, -0.05) is 24.1 Å². The van der Waals surface area contributed by atoms with Crippen molar-refractivity contribution < 1.29 is 8.42 Å². The maximum atomic E-state index is 12.5. The minimum atomic E-state index is -3.67. The van der Waals surface area contributed by atoms with Crippen LogP contribution in [0.25, 0.3) is 0 Å². The van der Waals surface area contributed by atoms with Gasteiger partial charge < -0.3 is 5.73 Å². The highest BCUT2D eigenvalue weighted by molar-refractivity contribution is 7.99. The molecular weight excluding hydrogens is 316 g/mol. The summed E-state index contributed by atoms with van der Waals surface area (Å²) in [6.07, 6.45) is 5.96. The summed E-state index contributed by atoms with van der Waals surface area (Å²) in [6, 6.07) is 4.69. The Morgan fingerprint density at radius 1 is 1.40 bits per heavy atom. The molecule has 1 fully saturated rings. The Labute approximate surface area is 129 Å². The largest absolute Gasteiger partial charge is 0.398 e. The highest BCUT2D eigenvalue weighted by atomic mass is 35.5. The molecule has 1 saturated carbocycles. The van der Waals surface area contributed by atoms with Crippen molar-refractivity contribution in [3.8, 4) is 0 Å². The molecular formula is C13H19ClN2O2S2. The van der Waals surface area contributed by atoms with Gasteiger partial charge >= 0.3 is 0 Å². The van der Waals surface area contributed by atoms with Crippen LogP contribution in [-0.2, 0) is 10.0 Å². The minimum Gasteiger partial charge on any atom is -0.398 e. The second kappa shape index (κ2) is 6.56. The van der Waals surface area contributed by atoms with Crippen molar-refractivity contribution in [3.05, 3.63) is 23.2 Å². The van der Waals surface area contributed by atoms with Crippen LogP contribution in [0.3, 0.4) is 0 Å². The fraction of sp³-hybridized carbons (Fsp3) is 0.538. The molecule has 2 atom stereocenters. The summed E-state index contributed by atoms with van der Waals surface area (Å²) < 4.78 is 27.7. The molecule has 2 rings (SSSR count). The van der Waals surface area contributed by atoms with Crippen LogP contribution in [0, 0.1) is 0 Å². The second-order valence-corrected chi connectivity index (χ2v) is 8.20. The Kier molecular flexibility index (Phi) is 5.23. The Hall–Kier alpha value is -0.430. The Bertz CT molecular complexity index is 557. The molecule has 0 radical (unpaired) electrons. The Morgan fingerprint density at radius 3 is 2.80 bits per heavy atom. The van der Waals surface area contributed by atoms with Gasteiger partial charge in [-0.2, -0.15) is 11.8 Å². The van der Waals surface area contributed by atoms with E-state index in [-0.39, 0.29) is 21.6 Å². The van der Waals surface area contributed by atoms with Gasteiger partial charge in [0.15, 0.2) is 0 Å². The van der Waals surface area contributed by atoms with Crippen molar-refractivity contribution >= 4 is 39.1 Å². The zero-order valence-electron chi connectivity index (χ0n) is 11.3. The molecule has 1 aromatic rings. The summed E-state index contributed by atoms with van der Waals surface area (Å²) in [5, 5.41) is 0.676. The van der Waals surface area contributed by atoms with Gasteiger partial charge in [-0.25, -0.2) is 13.1 Å². The van der Waals surface area contributed by atoms with E-state index in [1.807, 2.05) is 0 Å².